The van der Waals surface area contributed by atoms with Crippen LogP contribution in [0.5, 0.6) is 0 Å². The standard InChI is InChI=1S/C16H30N2O3/c1-13-6-2-3-7-14(13)11-21-12-15(19)10-18-9-5-4-8-16(17)20/h2-3,13-15,18-19H,4-12H2,1H3,(H2,17,20). The number of nitrogens with two attached hydrogens (primary N) is 1. The normalized spacial score (nSPS) is 23.1. The van der Waals surface area contributed by atoms with E-state index in [1.807, 2.05) is 0 Å². The number of carbonyl (C=O) groups is 1. The molecule has 0 aromatic carbocycles. The zero-order valence-electron chi connectivity index (χ0n) is 13.1. The van der Waals surface area contributed by atoms with Gasteiger partial charge < -0.3 is 20.9 Å². The summed E-state index contributed by atoms with van der Waals surface area (Å²) in [5.74, 6) is 0.981. The van der Waals surface area contributed by atoms with E-state index in [-0.39, 0.29) is 5.91 Å². The van der Waals surface area contributed by atoms with E-state index in [1.54, 1.807) is 0 Å². The molecule has 1 amide bonds. The van der Waals surface area contributed by atoms with Crippen molar-refractivity contribution in [1.82, 2.24) is 5.32 Å². The van der Waals surface area contributed by atoms with Crippen molar-refractivity contribution in [2.45, 2.75) is 45.1 Å². The van der Waals surface area contributed by atoms with Gasteiger partial charge in [0.15, 0.2) is 0 Å². The zero-order valence-corrected chi connectivity index (χ0v) is 13.1. The van der Waals surface area contributed by atoms with Gasteiger partial charge in [-0.1, -0.05) is 19.1 Å². The van der Waals surface area contributed by atoms with Crippen molar-refractivity contribution < 1.29 is 14.6 Å². The molecular weight excluding hydrogens is 268 g/mol. The van der Waals surface area contributed by atoms with Crippen LogP contribution in [0.3, 0.4) is 0 Å². The van der Waals surface area contributed by atoms with Gasteiger partial charge >= 0.3 is 0 Å². The van der Waals surface area contributed by atoms with Gasteiger partial charge in [-0.2, -0.15) is 0 Å². The SMILES string of the molecule is CC1CC=CCC1COCC(O)CNCCCCC(N)=O. The van der Waals surface area contributed by atoms with Crippen LogP contribution in [0.2, 0.25) is 0 Å². The summed E-state index contributed by atoms with van der Waals surface area (Å²) in [5, 5.41) is 13.0. The molecule has 3 atom stereocenters. The minimum Gasteiger partial charge on any atom is -0.389 e. The first kappa shape index (κ1) is 18.1. The average molecular weight is 298 g/mol. The predicted octanol–water partition coefficient (Wildman–Crippen LogP) is 1.21. The van der Waals surface area contributed by atoms with E-state index in [1.165, 1.54) is 0 Å². The smallest absolute Gasteiger partial charge is 0.217 e. The molecule has 5 nitrogen and oxygen atoms in total. The maximum absolute atomic E-state index is 10.6. The molecule has 0 saturated carbocycles. The molecule has 0 aromatic heterocycles. The van der Waals surface area contributed by atoms with Crippen LogP contribution in [0.15, 0.2) is 12.2 Å². The fourth-order valence-electron chi connectivity index (χ4n) is 2.47. The minimum absolute atomic E-state index is 0.254. The molecule has 4 N–H and O–H groups in total. The lowest BCUT2D eigenvalue weighted by Crippen LogP contribution is -2.32. The first-order chi connectivity index (χ1) is 10.1. The number of primary amides is 1. The molecular formula is C16H30N2O3. The van der Waals surface area contributed by atoms with Gasteiger partial charge in [0.2, 0.25) is 5.91 Å². The van der Waals surface area contributed by atoms with Gasteiger partial charge in [0, 0.05) is 13.0 Å². The summed E-state index contributed by atoms with van der Waals surface area (Å²) < 4.78 is 5.63. The molecule has 0 saturated heterocycles. The van der Waals surface area contributed by atoms with E-state index >= 15 is 0 Å². The van der Waals surface area contributed by atoms with Crippen LogP contribution in [0.1, 0.15) is 39.0 Å². The lowest BCUT2D eigenvalue weighted by Gasteiger charge is -2.25. The van der Waals surface area contributed by atoms with Crippen LogP contribution in [0, 0.1) is 11.8 Å². The van der Waals surface area contributed by atoms with Gasteiger partial charge in [-0.25, -0.2) is 0 Å². The predicted molar refractivity (Wildman–Crippen MR) is 83.8 cm³/mol. The molecule has 0 radical (unpaired) electrons. The largest absolute Gasteiger partial charge is 0.389 e. The van der Waals surface area contributed by atoms with Gasteiger partial charge in [0.05, 0.1) is 19.3 Å². The summed E-state index contributed by atoms with van der Waals surface area (Å²) in [6, 6.07) is 0. The Morgan fingerprint density at radius 1 is 1.43 bits per heavy atom. The number of aliphatic hydroxyl groups is 1. The third-order valence-electron chi connectivity index (χ3n) is 3.97. The Morgan fingerprint density at radius 3 is 2.90 bits per heavy atom. The number of hydrogen-bond acceptors (Lipinski definition) is 4. The van der Waals surface area contributed by atoms with Crippen LogP contribution in [0.4, 0.5) is 0 Å². The highest BCUT2D eigenvalue weighted by Crippen LogP contribution is 2.24. The fraction of sp³-hybridized carbons (Fsp3) is 0.812. The maximum atomic E-state index is 10.6. The van der Waals surface area contributed by atoms with E-state index in [0.717, 1.165) is 38.8 Å². The Morgan fingerprint density at radius 2 is 2.19 bits per heavy atom. The van der Waals surface area contributed by atoms with Crippen molar-refractivity contribution >= 4 is 5.91 Å². The highest BCUT2D eigenvalue weighted by atomic mass is 16.5. The second-order valence-electron chi connectivity index (χ2n) is 6.00. The second-order valence-corrected chi connectivity index (χ2v) is 6.00. The summed E-state index contributed by atoms with van der Waals surface area (Å²) in [6.45, 7) is 4.66. The molecule has 0 aliphatic heterocycles. The summed E-state index contributed by atoms with van der Waals surface area (Å²) in [4.78, 5) is 10.6. The maximum Gasteiger partial charge on any atom is 0.217 e. The Kier molecular flexibility index (Phi) is 9.30. The molecule has 1 aliphatic rings. The molecule has 5 heteroatoms. The van der Waals surface area contributed by atoms with E-state index in [4.69, 9.17) is 10.5 Å². The molecule has 1 aliphatic carbocycles. The summed E-state index contributed by atoms with van der Waals surface area (Å²) >= 11 is 0. The molecule has 0 heterocycles. The quantitative estimate of drug-likeness (QED) is 0.395. The monoisotopic (exact) mass is 298 g/mol. The lowest BCUT2D eigenvalue weighted by atomic mass is 9.85. The van der Waals surface area contributed by atoms with E-state index in [9.17, 15) is 9.90 Å². The Balaban J connectivity index is 1.95. The number of rotatable bonds is 11. The van der Waals surface area contributed by atoms with Crippen molar-refractivity contribution in [2.24, 2.45) is 17.6 Å². The highest BCUT2D eigenvalue weighted by molar-refractivity contribution is 5.73. The Labute approximate surface area is 127 Å². The van der Waals surface area contributed by atoms with Crippen molar-refractivity contribution in [3.8, 4) is 0 Å². The summed E-state index contributed by atoms with van der Waals surface area (Å²) in [5.41, 5.74) is 5.06. The molecule has 0 spiro atoms. The number of allylic oxidation sites excluding steroid dienone is 2. The van der Waals surface area contributed by atoms with E-state index in [2.05, 4.69) is 24.4 Å². The van der Waals surface area contributed by atoms with E-state index in [0.29, 0.717) is 31.4 Å². The molecule has 3 unspecified atom stereocenters. The second kappa shape index (κ2) is 10.8. The molecule has 0 aromatic rings. The minimum atomic E-state index is -0.476. The van der Waals surface area contributed by atoms with E-state index < -0.39 is 6.10 Å². The third kappa shape index (κ3) is 8.86. The number of aliphatic hydroxyl groups excluding tert-OH is 1. The van der Waals surface area contributed by atoms with Gasteiger partial charge in [0.25, 0.3) is 0 Å². The highest BCUT2D eigenvalue weighted by Gasteiger charge is 2.18. The van der Waals surface area contributed by atoms with Crippen LogP contribution in [0.25, 0.3) is 0 Å². The van der Waals surface area contributed by atoms with Crippen molar-refractivity contribution in [3.05, 3.63) is 12.2 Å². The molecule has 0 fully saturated rings. The third-order valence-corrected chi connectivity index (χ3v) is 3.97. The van der Waals surface area contributed by atoms with Crippen LogP contribution >= 0.6 is 0 Å². The Hall–Kier alpha value is -0.910. The number of carbonyl (C=O) groups excluding carboxylic acids is 1. The van der Waals surface area contributed by atoms with Gasteiger partial charge in [-0.05, 0) is 44.1 Å². The van der Waals surface area contributed by atoms with Crippen LogP contribution in [-0.4, -0.2) is 43.4 Å². The van der Waals surface area contributed by atoms with Crippen LogP contribution in [-0.2, 0) is 9.53 Å². The number of nitrogens with one attached hydrogen (secondary N) is 1. The van der Waals surface area contributed by atoms with Gasteiger partial charge in [-0.3, -0.25) is 4.79 Å². The molecule has 122 valence electrons. The van der Waals surface area contributed by atoms with Crippen molar-refractivity contribution in [1.29, 1.82) is 0 Å². The van der Waals surface area contributed by atoms with Crippen LogP contribution < -0.4 is 11.1 Å². The molecule has 1 rings (SSSR count). The lowest BCUT2D eigenvalue weighted by molar-refractivity contribution is -0.118. The topological polar surface area (TPSA) is 84.6 Å². The number of ether oxygens (including phenoxy) is 1. The molecule has 21 heavy (non-hydrogen) atoms. The number of unbranched alkanes of at least 4 members (excludes halogenated alkanes) is 1. The Bertz CT molecular complexity index is 321. The van der Waals surface area contributed by atoms with Crippen molar-refractivity contribution in [3.63, 3.8) is 0 Å². The van der Waals surface area contributed by atoms with Gasteiger partial charge in [-0.15, -0.1) is 0 Å². The fourth-order valence-corrected chi connectivity index (χ4v) is 2.47. The first-order valence-corrected chi connectivity index (χ1v) is 7.99. The zero-order chi connectivity index (χ0) is 15.5. The number of hydrogen-bond donors (Lipinski definition) is 3. The summed E-state index contributed by atoms with van der Waals surface area (Å²) in [6.07, 6.45) is 8.30. The molecule has 0 bridgehead atoms. The average Bonchev–Trinajstić information content (AvgIpc) is 2.44. The first-order valence-electron chi connectivity index (χ1n) is 7.99. The summed E-state index contributed by atoms with van der Waals surface area (Å²) in [7, 11) is 0. The van der Waals surface area contributed by atoms with Crippen molar-refractivity contribution in [2.75, 3.05) is 26.3 Å². The van der Waals surface area contributed by atoms with Gasteiger partial charge in [0.1, 0.15) is 0 Å². The number of amides is 1.